The molecule has 0 radical (unpaired) electrons. The van der Waals surface area contributed by atoms with E-state index >= 15 is 0 Å². The van der Waals surface area contributed by atoms with Crippen LogP contribution in [0, 0.1) is 9.39 Å². The minimum absolute atomic E-state index is 0.120. The van der Waals surface area contributed by atoms with Crippen LogP contribution in [0.4, 0.5) is 4.39 Å². The van der Waals surface area contributed by atoms with Crippen LogP contribution in [0.25, 0.3) is 0 Å². The zero-order chi connectivity index (χ0) is 12.3. The van der Waals surface area contributed by atoms with Crippen molar-refractivity contribution in [1.82, 2.24) is 4.98 Å². The Balaban J connectivity index is 2.17. The van der Waals surface area contributed by atoms with Crippen LogP contribution < -0.4 is 5.73 Å². The van der Waals surface area contributed by atoms with Crippen molar-refractivity contribution in [3.8, 4) is 0 Å². The lowest BCUT2D eigenvalue weighted by molar-refractivity contribution is 0.622. The molecule has 0 bridgehead atoms. The minimum atomic E-state index is -0.228. The van der Waals surface area contributed by atoms with Crippen molar-refractivity contribution in [2.45, 2.75) is 12.5 Å². The molecule has 0 aliphatic rings. The summed E-state index contributed by atoms with van der Waals surface area (Å²) in [5.74, 6) is -0.228. The van der Waals surface area contributed by atoms with E-state index in [1.807, 2.05) is 12.1 Å². The second kappa shape index (κ2) is 5.55. The van der Waals surface area contributed by atoms with Crippen molar-refractivity contribution < 1.29 is 4.39 Å². The van der Waals surface area contributed by atoms with Crippen LogP contribution in [0.1, 0.15) is 17.2 Å². The Kier molecular flexibility index (Phi) is 4.06. The number of pyridine rings is 1. The second-order valence-corrected chi connectivity index (χ2v) is 4.99. The molecule has 1 aromatic carbocycles. The largest absolute Gasteiger partial charge is 0.324 e. The van der Waals surface area contributed by atoms with Gasteiger partial charge < -0.3 is 5.73 Å². The van der Waals surface area contributed by atoms with Crippen LogP contribution in [-0.2, 0) is 6.42 Å². The number of hydrogen-bond acceptors (Lipinski definition) is 2. The first-order chi connectivity index (χ1) is 8.16. The van der Waals surface area contributed by atoms with Gasteiger partial charge in [-0.15, -0.1) is 0 Å². The SMILES string of the molecule is NC(Cc1ccncc1)c1ccc(F)cc1I. The minimum Gasteiger partial charge on any atom is -0.324 e. The second-order valence-electron chi connectivity index (χ2n) is 3.83. The van der Waals surface area contributed by atoms with E-state index < -0.39 is 0 Å². The van der Waals surface area contributed by atoms with E-state index in [1.165, 1.54) is 12.1 Å². The molecule has 0 amide bonds. The van der Waals surface area contributed by atoms with Crippen molar-refractivity contribution in [2.75, 3.05) is 0 Å². The van der Waals surface area contributed by atoms with Gasteiger partial charge in [-0.1, -0.05) is 6.07 Å². The van der Waals surface area contributed by atoms with Gasteiger partial charge in [0.1, 0.15) is 5.82 Å². The molecule has 2 N–H and O–H groups in total. The zero-order valence-electron chi connectivity index (χ0n) is 9.11. The molecular weight excluding hydrogens is 330 g/mol. The summed E-state index contributed by atoms with van der Waals surface area (Å²) >= 11 is 2.11. The van der Waals surface area contributed by atoms with Crippen LogP contribution in [0.3, 0.4) is 0 Å². The van der Waals surface area contributed by atoms with Gasteiger partial charge in [0, 0.05) is 22.0 Å². The fraction of sp³-hybridized carbons (Fsp3) is 0.154. The predicted molar refractivity (Wildman–Crippen MR) is 74.0 cm³/mol. The van der Waals surface area contributed by atoms with Crippen molar-refractivity contribution >= 4 is 22.6 Å². The molecule has 0 saturated heterocycles. The van der Waals surface area contributed by atoms with Gasteiger partial charge in [-0.25, -0.2) is 4.39 Å². The third-order valence-corrected chi connectivity index (χ3v) is 3.50. The maximum absolute atomic E-state index is 13.0. The number of aromatic nitrogens is 1. The lowest BCUT2D eigenvalue weighted by atomic mass is 10.0. The fourth-order valence-corrected chi connectivity index (χ4v) is 2.56. The lowest BCUT2D eigenvalue weighted by Crippen LogP contribution is -2.14. The molecule has 1 unspecified atom stereocenters. The third kappa shape index (κ3) is 3.23. The topological polar surface area (TPSA) is 38.9 Å². The van der Waals surface area contributed by atoms with Gasteiger partial charge in [-0.3, -0.25) is 4.98 Å². The summed E-state index contributed by atoms with van der Waals surface area (Å²) in [4.78, 5) is 3.96. The Morgan fingerprint density at radius 1 is 1.24 bits per heavy atom. The van der Waals surface area contributed by atoms with Crippen molar-refractivity contribution in [1.29, 1.82) is 0 Å². The first-order valence-electron chi connectivity index (χ1n) is 5.26. The molecule has 1 atom stereocenters. The maximum Gasteiger partial charge on any atom is 0.124 e. The number of benzene rings is 1. The van der Waals surface area contributed by atoms with Gasteiger partial charge >= 0.3 is 0 Å². The molecule has 0 saturated carbocycles. The molecule has 17 heavy (non-hydrogen) atoms. The van der Waals surface area contributed by atoms with E-state index in [1.54, 1.807) is 18.5 Å². The monoisotopic (exact) mass is 342 g/mol. The Bertz CT molecular complexity index is 502. The molecule has 2 aromatic rings. The maximum atomic E-state index is 13.0. The highest BCUT2D eigenvalue weighted by Gasteiger charge is 2.11. The van der Waals surface area contributed by atoms with Crippen LogP contribution in [0.15, 0.2) is 42.7 Å². The van der Waals surface area contributed by atoms with Crippen LogP contribution in [0.2, 0.25) is 0 Å². The molecule has 1 aromatic heterocycles. The molecular formula is C13H12FIN2. The van der Waals surface area contributed by atoms with Crippen molar-refractivity contribution in [2.24, 2.45) is 5.73 Å². The molecule has 0 fully saturated rings. The van der Waals surface area contributed by atoms with Crippen LogP contribution in [-0.4, -0.2) is 4.98 Å². The van der Waals surface area contributed by atoms with Crippen LogP contribution in [0.5, 0.6) is 0 Å². The number of nitrogens with two attached hydrogens (primary N) is 1. The van der Waals surface area contributed by atoms with E-state index in [0.717, 1.165) is 21.1 Å². The number of rotatable bonds is 3. The summed E-state index contributed by atoms with van der Waals surface area (Å²) in [6, 6.07) is 8.46. The Morgan fingerprint density at radius 2 is 1.94 bits per heavy atom. The average molecular weight is 342 g/mol. The third-order valence-electron chi connectivity index (χ3n) is 2.57. The number of nitrogens with zero attached hydrogens (tertiary/aromatic N) is 1. The smallest absolute Gasteiger partial charge is 0.124 e. The quantitative estimate of drug-likeness (QED) is 0.871. The molecule has 0 spiro atoms. The van der Waals surface area contributed by atoms with Crippen molar-refractivity contribution in [3.05, 3.63) is 63.2 Å². The molecule has 0 aliphatic heterocycles. The highest BCUT2D eigenvalue weighted by molar-refractivity contribution is 14.1. The summed E-state index contributed by atoms with van der Waals surface area (Å²) in [6.45, 7) is 0. The highest BCUT2D eigenvalue weighted by atomic mass is 127. The molecule has 0 aliphatic carbocycles. The van der Waals surface area contributed by atoms with E-state index in [-0.39, 0.29) is 11.9 Å². The van der Waals surface area contributed by atoms with Crippen molar-refractivity contribution in [3.63, 3.8) is 0 Å². The lowest BCUT2D eigenvalue weighted by Gasteiger charge is -2.14. The van der Waals surface area contributed by atoms with Gasteiger partial charge in [-0.2, -0.15) is 0 Å². The van der Waals surface area contributed by atoms with Crippen LogP contribution >= 0.6 is 22.6 Å². The Hall–Kier alpha value is -1.01. The van der Waals surface area contributed by atoms with Gasteiger partial charge in [0.15, 0.2) is 0 Å². The summed E-state index contributed by atoms with van der Waals surface area (Å²) in [6.07, 6.45) is 4.22. The molecule has 88 valence electrons. The molecule has 2 nitrogen and oxygen atoms in total. The van der Waals surface area contributed by atoms with Gasteiger partial charge in [-0.05, 0) is 64.4 Å². The number of hydrogen-bond donors (Lipinski definition) is 1. The first kappa shape index (κ1) is 12.4. The summed E-state index contributed by atoms with van der Waals surface area (Å²) < 4.78 is 13.8. The molecule has 1 heterocycles. The summed E-state index contributed by atoms with van der Waals surface area (Å²) in [5, 5.41) is 0. The Morgan fingerprint density at radius 3 is 2.59 bits per heavy atom. The molecule has 2 rings (SSSR count). The van der Waals surface area contributed by atoms with E-state index in [4.69, 9.17) is 5.73 Å². The summed E-state index contributed by atoms with van der Waals surface area (Å²) in [7, 11) is 0. The van der Waals surface area contributed by atoms with Gasteiger partial charge in [0.25, 0.3) is 0 Å². The average Bonchev–Trinajstić information content (AvgIpc) is 2.30. The zero-order valence-corrected chi connectivity index (χ0v) is 11.3. The number of halogens is 2. The molecule has 4 heteroatoms. The summed E-state index contributed by atoms with van der Waals surface area (Å²) in [5.41, 5.74) is 8.24. The van der Waals surface area contributed by atoms with E-state index in [9.17, 15) is 4.39 Å². The standard InChI is InChI=1S/C13H12FIN2/c14-10-1-2-11(12(15)8-10)13(16)7-9-3-5-17-6-4-9/h1-6,8,13H,7,16H2. The first-order valence-corrected chi connectivity index (χ1v) is 6.34. The highest BCUT2D eigenvalue weighted by Crippen LogP contribution is 2.22. The normalized spacial score (nSPS) is 12.4. The van der Waals surface area contributed by atoms with Gasteiger partial charge in [0.2, 0.25) is 0 Å². The Labute approximate surface area is 113 Å². The van der Waals surface area contributed by atoms with Gasteiger partial charge in [0.05, 0.1) is 0 Å². The van der Waals surface area contributed by atoms with E-state index in [0.29, 0.717) is 0 Å². The van der Waals surface area contributed by atoms with E-state index in [2.05, 4.69) is 27.6 Å². The fourth-order valence-electron chi connectivity index (χ4n) is 1.68. The predicted octanol–water partition coefficient (Wildman–Crippen LogP) is 3.07.